The van der Waals surface area contributed by atoms with E-state index in [2.05, 4.69) is 24.1 Å². The van der Waals surface area contributed by atoms with Crippen LogP contribution < -0.4 is 5.32 Å². The minimum Gasteiger partial charge on any atom is -0.481 e. The first-order chi connectivity index (χ1) is 9.82. The fraction of sp³-hybridized carbons (Fsp3) is 0.867. The van der Waals surface area contributed by atoms with Crippen LogP contribution in [0.3, 0.4) is 0 Å². The van der Waals surface area contributed by atoms with Crippen LogP contribution in [0.15, 0.2) is 0 Å². The van der Waals surface area contributed by atoms with Gasteiger partial charge in [0.05, 0.1) is 5.41 Å². The number of carboxylic acids is 1. The summed E-state index contributed by atoms with van der Waals surface area (Å²) in [6.07, 6.45) is 2.00. The number of hydrogen-bond acceptors (Lipinski definition) is 3. The van der Waals surface area contributed by atoms with E-state index in [1.54, 1.807) is 4.90 Å². The first-order valence-corrected chi connectivity index (χ1v) is 7.79. The van der Waals surface area contributed by atoms with Crippen molar-refractivity contribution in [3.8, 4) is 0 Å². The van der Waals surface area contributed by atoms with Gasteiger partial charge in [0, 0.05) is 32.2 Å². The van der Waals surface area contributed by atoms with Crippen LogP contribution in [0.25, 0.3) is 0 Å². The van der Waals surface area contributed by atoms with Crippen molar-refractivity contribution in [1.82, 2.24) is 15.1 Å². The number of urea groups is 1. The molecule has 0 bridgehead atoms. The van der Waals surface area contributed by atoms with E-state index < -0.39 is 11.4 Å². The highest BCUT2D eigenvalue weighted by Gasteiger charge is 2.45. The zero-order chi connectivity index (χ0) is 16.0. The van der Waals surface area contributed by atoms with Gasteiger partial charge in [-0.2, -0.15) is 0 Å². The average Bonchev–Trinajstić information content (AvgIpc) is 2.84. The van der Waals surface area contributed by atoms with Crippen molar-refractivity contribution < 1.29 is 14.7 Å². The third-order valence-corrected chi connectivity index (χ3v) is 4.45. The van der Waals surface area contributed by atoms with Gasteiger partial charge in [0.2, 0.25) is 0 Å². The van der Waals surface area contributed by atoms with E-state index in [1.165, 1.54) is 0 Å². The van der Waals surface area contributed by atoms with Gasteiger partial charge >= 0.3 is 12.0 Å². The normalized spacial score (nSPS) is 22.1. The van der Waals surface area contributed by atoms with Crippen molar-refractivity contribution in [3.63, 3.8) is 0 Å². The number of amides is 2. The number of likely N-dealkylation sites (N-methyl/N-ethyl adjacent to an activating group) is 1. The van der Waals surface area contributed by atoms with Crippen LogP contribution in [0, 0.1) is 5.41 Å². The highest BCUT2D eigenvalue weighted by molar-refractivity contribution is 5.79. The lowest BCUT2D eigenvalue weighted by Crippen LogP contribution is -2.44. The van der Waals surface area contributed by atoms with Gasteiger partial charge in [0.25, 0.3) is 0 Å². The van der Waals surface area contributed by atoms with Crippen LogP contribution in [0.4, 0.5) is 4.79 Å². The summed E-state index contributed by atoms with van der Waals surface area (Å²) in [5.41, 5.74) is -0.749. The molecule has 1 saturated heterocycles. The molecule has 0 saturated carbocycles. The molecule has 122 valence electrons. The van der Waals surface area contributed by atoms with Crippen molar-refractivity contribution in [1.29, 1.82) is 0 Å². The summed E-state index contributed by atoms with van der Waals surface area (Å²) in [4.78, 5) is 27.4. The summed E-state index contributed by atoms with van der Waals surface area (Å²) in [5, 5.41) is 12.3. The molecule has 2 amide bonds. The summed E-state index contributed by atoms with van der Waals surface area (Å²) in [6, 6.07) is 0.296. The fourth-order valence-electron chi connectivity index (χ4n) is 2.72. The lowest BCUT2D eigenvalue weighted by Gasteiger charge is -2.25. The third kappa shape index (κ3) is 4.59. The van der Waals surface area contributed by atoms with Crippen LogP contribution in [-0.2, 0) is 4.79 Å². The number of nitrogens with one attached hydrogen (secondary N) is 1. The van der Waals surface area contributed by atoms with Gasteiger partial charge in [0.1, 0.15) is 0 Å². The molecule has 0 spiro atoms. The maximum atomic E-state index is 12.1. The van der Waals surface area contributed by atoms with Gasteiger partial charge in [-0.25, -0.2) is 4.79 Å². The Morgan fingerprint density at radius 1 is 1.43 bits per heavy atom. The number of aliphatic carboxylic acids is 1. The largest absolute Gasteiger partial charge is 0.481 e. The zero-order valence-electron chi connectivity index (χ0n) is 13.7. The summed E-state index contributed by atoms with van der Waals surface area (Å²) < 4.78 is 0. The van der Waals surface area contributed by atoms with E-state index in [0.717, 1.165) is 13.0 Å². The second kappa shape index (κ2) is 7.64. The predicted octanol–water partition coefficient (Wildman–Crippen LogP) is 1.61. The van der Waals surface area contributed by atoms with Gasteiger partial charge in [-0.15, -0.1) is 0 Å². The molecule has 1 aliphatic rings. The molecule has 0 aromatic rings. The lowest BCUT2D eigenvalue weighted by atomic mass is 9.83. The van der Waals surface area contributed by atoms with Crippen LogP contribution in [0.1, 0.15) is 40.0 Å². The second-order valence-corrected chi connectivity index (χ2v) is 6.31. The van der Waals surface area contributed by atoms with Crippen molar-refractivity contribution in [3.05, 3.63) is 0 Å². The minimum absolute atomic E-state index is 0.147. The van der Waals surface area contributed by atoms with Crippen LogP contribution in [0.2, 0.25) is 0 Å². The Bertz CT molecular complexity index is 373. The Hall–Kier alpha value is -1.30. The lowest BCUT2D eigenvalue weighted by molar-refractivity contribution is -0.148. The predicted molar refractivity (Wildman–Crippen MR) is 82.3 cm³/mol. The molecule has 0 aliphatic carbocycles. The Morgan fingerprint density at radius 3 is 2.62 bits per heavy atom. The standard InChI is InChI=1S/C15H29N3O3/c1-5-6-15(13(19)20)7-9-18(11-15)14(21)16-8-10-17(4)12(2)3/h12H,5-11H2,1-4H3,(H,16,21)(H,19,20). The van der Waals surface area contributed by atoms with Gasteiger partial charge in [-0.05, 0) is 33.7 Å². The molecule has 0 aromatic heterocycles. The molecule has 6 heteroatoms. The number of carbonyl (C=O) groups excluding carboxylic acids is 1. The molecule has 2 N–H and O–H groups in total. The van der Waals surface area contributed by atoms with Crippen molar-refractivity contribution in [2.45, 2.75) is 46.1 Å². The average molecular weight is 299 g/mol. The monoisotopic (exact) mass is 299 g/mol. The van der Waals surface area contributed by atoms with E-state index in [4.69, 9.17) is 0 Å². The summed E-state index contributed by atoms with van der Waals surface area (Å²) in [7, 11) is 2.02. The second-order valence-electron chi connectivity index (χ2n) is 6.31. The minimum atomic E-state index is -0.779. The fourth-order valence-corrected chi connectivity index (χ4v) is 2.72. The molecule has 1 aliphatic heterocycles. The van der Waals surface area contributed by atoms with Crippen LogP contribution in [0.5, 0.6) is 0 Å². The number of likely N-dealkylation sites (tertiary alicyclic amines) is 1. The molecule has 1 rings (SSSR count). The summed E-state index contributed by atoms with van der Waals surface area (Å²) >= 11 is 0. The summed E-state index contributed by atoms with van der Waals surface area (Å²) in [6.45, 7) is 8.41. The van der Waals surface area contributed by atoms with E-state index >= 15 is 0 Å². The summed E-state index contributed by atoms with van der Waals surface area (Å²) in [5.74, 6) is -0.779. The topological polar surface area (TPSA) is 72.9 Å². The smallest absolute Gasteiger partial charge is 0.317 e. The quantitative estimate of drug-likeness (QED) is 0.749. The SMILES string of the molecule is CCCC1(C(=O)O)CCN(C(=O)NCCN(C)C(C)C)C1. The number of rotatable bonds is 7. The van der Waals surface area contributed by atoms with E-state index in [-0.39, 0.29) is 6.03 Å². The molecular weight excluding hydrogens is 270 g/mol. The van der Waals surface area contributed by atoms with Gasteiger partial charge in [-0.1, -0.05) is 13.3 Å². The number of nitrogens with zero attached hydrogens (tertiary/aromatic N) is 2. The maximum Gasteiger partial charge on any atom is 0.317 e. The number of carboxylic acid groups (broad SMARTS) is 1. The Labute approximate surface area is 127 Å². The molecule has 0 radical (unpaired) electrons. The van der Waals surface area contributed by atoms with Gasteiger partial charge in [0.15, 0.2) is 0 Å². The highest BCUT2D eigenvalue weighted by atomic mass is 16.4. The molecule has 1 atom stereocenters. The molecule has 6 nitrogen and oxygen atoms in total. The molecule has 0 aromatic carbocycles. The van der Waals surface area contributed by atoms with Gasteiger partial charge in [-0.3, -0.25) is 4.79 Å². The zero-order valence-corrected chi connectivity index (χ0v) is 13.7. The Balaban J connectivity index is 2.45. The first-order valence-electron chi connectivity index (χ1n) is 7.79. The Morgan fingerprint density at radius 2 is 2.10 bits per heavy atom. The molecular formula is C15H29N3O3. The highest BCUT2D eigenvalue weighted by Crippen LogP contribution is 2.35. The Kier molecular flexibility index (Phi) is 6.45. The maximum absolute atomic E-state index is 12.1. The molecule has 1 heterocycles. The van der Waals surface area contributed by atoms with Crippen molar-refractivity contribution in [2.75, 3.05) is 33.2 Å². The first kappa shape index (κ1) is 17.8. The van der Waals surface area contributed by atoms with Crippen LogP contribution >= 0.6 is 0 Å². The van der Waals surface area contributed by atoms with Gasteiger partial charge < -0.3 is 20.2 Å². The van der Waals surface area contributed by atoms with Crippen LogP contribution in [-0.4, -0.2) is 66.2 Å². The number of carbonyl (C=O) groups is 2. The molecule has 1 unspecified atom stereocenters. The van der Waals surface area contributed by atoms with Crippen molar-refractivity contribution in [2.24, 2.45) is 5.41 Å². The van der Waals surface area contributed by atoms with Crippen molar-refractivity contribution >= 4 is 12.0 Å². The number of hydrogen-bond donors (Lipinski definition) is 2. The molecule has 21 heavy (non-hydrogen) atoms. The van der Waals surface area contributed by atoms with E-state index in [0.29, 0.717) is 38.5 Å². The third-order valence-electron chi connectivity index (χ3n) is 4.45. The molecule has 1 fully saturated rings. The van der Waals surface area contributed by atoms with E-state index in [1.807, 2.05) is 14.0 Å². The van der Waals surface area contributed by atoms with E-state index in [9.17, 15) is 14.7 Å².